The summed E-state index contributed by atoms with van der Waals surface area (Å²) < 4.78 is 6.94. The van der Waals surface area contributed by atoms with Gasteiger partial charge in [-0.05, 0) is 20.8 Å². The number of nitrogens with zero attached hydrogens (tertiary/aromatic N) is 2. The number of aliphatic carboxylic acids is 1. The molecule has 3 atom stereocenters. The van der Waals surface area contributed by atoms with Crippen molar-refractivity contribution in [2.45, 2.75) is 45.6 Å². The Labute approximate surface area is 99.8 Å². The Bertz CT molecular complexity index is 375. The van der Waals surface area contributed by atoms with Crippen LogP contribution in [0.5, 0.6) is 0 Å². The lowest BCUT2D eigenvalue weighted by molar-refractivity contribution is -0.158. The molecule has 17 heavy (non-hydrogen) atoms. The number of carboxylic acids is 1. The molecule has 0 radical (unpaired) electrons. The van der Waals surface area contributed by atoms with Gasteiger partial charge in [0, 0.05) is 18.3 Å². The molecule has 0 aliphatic rings. The van der Waals surface area contributed by atoms with Gasteiger partial charge in [0.1, 0.15) is 0 Å². The predicted molar refractivity (Wildman–Crippen MR) is 60.5 cm³/mol. The molecule has 1 aromatic rings. The lowest BCUT2D eigenvalue weighted by atomic mass is 10.2. The maximum atomic E-state index is 11.1. The fourth-order valence-corrected chi connectivity index (χ4v) is 1.30. The van der Waals surface area contributed by atoms with Gasteiger partial charge in [0.2, 0.25) is 0 Å². The molecular weight excluding hydrogens is 224 g/mol. The number of ether oxygens (including phenoxy) is 1. The maximum absolute atomic E-state index is 11.1. The SMILES string of the molecule is CCn1cc(C(OC(C)C(C)O)C(=O)O)cn1. The fourth-order valence-electron chi connectivity index (χ4n) is 1.30. The average Bonchev–Trinajstić information content (AvgIpc) is 2.72. The van der Waals surface area contributed by atoms with E-state index in [1.165, 1.54) is 6.20 Å². The van der Waals surface area contributed by atoms with E-state index in [0.29, 0.717) is 12.1 Å². The van der Waals surface area contributed by atoms with Crippen molar-refractivity contribution < 1.29 is 19.7 Å². The molecule has 2 N–H and O–H groups in total. The summed E-state index contributed by atoms with van der Waals surface area (Å²) in [6.07, 6.45) is 0.726. The zero-order valence-electron chi connectivity index (χ0n) is 10.2. The number of aromatic nitrogens is 2. The third kappa shape index (κ3) is 3.54. The van der Waals surface area contributed by atoms with Gasteiger partial charge in [-0.1, -0.05) is 0 Å². The van der Waals surface area contributed by atoms with Gasteiger partial charge >= 0.3 is 5.97 Å². The number of aliphatic hydroxyl groups excluding tert-OH is 1. The topological polar surface area (TPSA) is 84.6 Å². The summed E-state index contributed by atoms with van der Waals surface area (Å²) in [7, 11) is 0. The maximum Gasteiger partial charge on any atom is 0.337 e. The van der Waals surface area contributed by atoms with E-state index >= 15 is 0 Å². The monoisotopic (exact) mass is 242 g/mol. The second kappa shape index (κ2) is 5.79. The van der Waals surface area contributed by atoms with E-state index in [2.05, 4.69) is 5.10 Å². The van der Waals surface area contributed by atoms with Crippen molar-refractivity contribution in [3.63, 3.8) is 0 Å². The molecule has 0 aliphatic heterocycles. The Morgan fingerprint density at radius 2 is 2.24 bits per heavy atom. The minimum Gasteiger partial charge on any atom is -0.479 e. The number of aliphatic hydroxyl groups is 1. The summed E-state index contributed by atoms with van der Waals surface area (Å²) in [5.41, 5.74) is 0.479. The van der Waals surface area contributed by atoms with E-state index in [-0.39, 0.29) is 0 Å². The van der Waals surface area contributed by atoms with E-state index < -0.39 is 24.3 Å². The first-order valence-electron chi connectivity index (χ1n) is 5.54. The van der Waals surface area contributed by atoms with E-state index in [9.17, 15) is 9.90 Å². The minimum absolute atomic E-state index is 0.479. The molecular formula is C11H18N2O4. The number of hydrogen-bond donors (Lipinski definition) is 2. The Morgan fingerprint density at radius 1 is 1.59 bits per heavy atom. The number of aryl methyl sites for hydroxylation is 1. The summed E-state index contributed by atoms with van der Waals surface area (Å²) >= 11 is 0. The van der Waals surface area contributed by atoms with E-state index in [0.717, 1.165) is 0 Å². The van der Waals surface area contributed by atoms with Gasteiger partial charge in [-0.15, -0.1) is 0 Å². The summed E-state index contributed by atoms with van der Waals surface area (Å²) in [6.45, 7) is 5.76. The van der Waals surface area contributed by atoms with Gasteiger partial charge < -0.3 is 14.9 Å². The molecule has 0 aromatic carbocycles. The Kier molecular flexibility index (Phi) is 4.65. The molecule has 0 saturated heterocycles. The molecule has 1 rings (SSSR count). The highest BCUT2D eigenvalue weighted by Gasteiger charge is 2.26. The molecule has 0 saturated carbocycles. The Hall–Kier alpha value is -1.40. The van der Waals surface area contributed by atoms with E-state index in [1.807, 2.05) is 6.92 Å². The molecule has 0 fully saturated rings. The van der Waals surface area contributed by atoms with Gasteiger partial charge in [0.25, 0.3) is 0 Å². The lowest BCUT2D eigenvalue weighted by Crippen LogP contribution is -2.28. The summed E-state index contributed by atoms with van der Waals surface area (Å²) in [4.78, 5) is 11.1. The number of carbonyl (C=O) groups is 1. The van der Waals surface area contributed by atoms with Crippen molar-refractivity contribution in [3.8, 4) is 0 Å². The first kappa shape index (κ1) is 13.7. The summed E-state index contributed by atoms with van der Waals surface area (Å²) in [6, 6.07) is 0. The van der Waals surface area contributed by atoms with Gasteiger partial charge in [-0.3, -0.25) is 4.68 Å². The van der Waals surface area contributed by atoms with E-state index in [4.69, 9.17) is 9.84 Å². The zero-order valence-corrected chi connectivity index (χ0v) is 10.2. The molecule has 1 aromatic heterocycles. The molecule has 6 nitrogen and oxygen atoms in total. The molecule has 0 spiro atoms. The molecule has 0 amide bonds. The Morgan fingerprint density at radius 3 is 2.65 bits per heavy atom. The standard InChI is InChI=1S/C11H18N2O4/c1-4-13-6-9(5-12-13)10(11(15)16)17-8(3)7(2)14/h5-8,10,14H,4H2,1-3H3,(H,15,16). The first-order valence-corrected chi connectivity index (χ1v) is 5.54. The van der Waals surface area contributed by atoms with Crippen molar-refractivity contribution in [1.29, 1.82) is 0 Å². The molecule has 3 unspecified atom stereocenters. The first-order chi connectivity index (χ1) is 7.95. The van der Waals surface area contributed by atoms with Crippen molar-refractivity contribution in [1.82, 2.24) is 9.78 Å². The lowest BCUT2D eigenvalue weighted by Gasteiger charge is -2.20. The third-order valence-corrected chi connectivity index (χ3v) is 2.53. The van der Waals surface area contributed by atoms with Crippen LogP contribution in [0.1, 0.15) is 32.4 Å². The van der Waals surface area contributed by atoms with Gasteiger partial charge in [0.15, 0.2) is 6.10 Å². The Balaban J connectivity index is 2.82. The molecule has 0 aliphatic carbocycles. The van der Waals surface area contributed by atoms with Gasteiger partial charge in [-0.2, -0.15) is 5.10 Å². The predicted octanol–water partition coefficient (Wildman–Crippen LogP) is 0.815. The van der Waals surface area contributed by atoms with Crippen LogP contribution >= 0.6 is 0 Å². The molecule has 0 bridgehead atoms. The van der Waals surface area contributed by atoms with Crippen LogP contribution in [0, 0.1) is 0 Å². The number of carboxylic acid groups (broad SMARTS) is 1. The third-order valence-electron chi connectivity index (χ3n) is 2.53. The number of rotatable bonds is 6. The van der Waals surface area contributed by atoms with Crippen molar-refractivity contribution in [2.75, 3.05) is 0 Å². The van der Waals surface area contributed by atoms with Crippen LogP contribution in [0.25, 0.3) is 0 Å². The fraction of sp³-hybridized carbons (Fsp3) is 0.636. The van der Waals surface area contributed by atoms with Crippen LogP contribution in [0.3, 0.4) is 0 Å². The largest absolute Gasteiger partial charge is 0.479 e. The van der Waals surface area contributed by atoms with Gasteiger partial charge in [0.05, 0.1) is 18.4 Å². The van der Waals surface area contributed by atoms with Crippen LogP contribution in [0.2, 0.25) is 0 Å². The smallest absolute Gasteiger partial charge is 0.337 e. The highest BCUT2D eigenvalue weighted by molar-refractivity contribution is 5.74. The van der Waals surface area contributed by atoms with E-state index in [1.54, 1.807) is 24.7 Å². The quantitative estimate of drug-likeness (QED) is 0.771. The minimum atomic E-state index is -1.10. The normalized spacial score (nSPS) is 16.5. The second-order valence-corrected chi connectivity index (χ2v) is 3.93. The average molecular weight is 242 g/mol. The summed E-state index contributed by atoms with van der Waals surface area (Å²) in [5.74, 6) is -1.09. The molecule has 6 heteroatoms. The zero-order chi connectivity index (χ0) is 13.0. The van der Waals surface area contributed by atoms with Crippen LogP contribution in [-0.2, 0) is 16.1 Å². The van der Waals surface area contributed by atoms with Crippen molar-refractivity contribution >= 4 is 5.97 Å². The second-order valence-electron chi connectivity index (χ2n) is 3.93. The van der Waals surface area contributed by atoms with Crippen LogP contribution < -0.4 is 0 Å². The number of hydrogen-bond acceptors (Lipinski definition) is 4. The van der Waals surface area contributed by atoms with Gasteiger partial charge in [-0.25, -0.2) is 4.79 Å². The highest BCUT2D eigenvalue weighted by atomic mass is 16.5. The van der Waals surface area contributed by atoms with Crippen molar-refractivity contribution in [2.24, 2.45) is 0 Å². The molecule has 1 heterocycles. The summed E-state index contributed by atoms with van der Waals surface area (Å²) in [5, 5.41) is 22.4. The van der Waals surface area contributed by atoms with Crippen LogP contribution in [0.4, 0.5) is 0 Å². The van der Waals surface area contributed by atoms with Crippen LogP contribution in [-0.4, -0.2) is 38.2 Å². The van der Waals surface area contributed by atoms with Crippen LogP contribution in [0.15, 0.2) is 12.4 Å². The molecule has 96 valence electrons. The highest BCUT2D eigenvalue weighted by Crippen LogP contribution is 2.20. The van der Waals surface area contributed by atoms with Crippen molar-refractivity contribution in [3.05, 3.63) is 18.0 Å².